The lowest BCUT2D eigenvalue weighted by atomic mass is 10.0. The van der Waals surface area contributed by atoms with Gasteiger partial charge in [-0.15, -0.1) is 0 Å². The molecule has 0 atom stereocenters. The number of nitrogens with zero attached hydrogens (tertiary/aromatic N) is 4. The van der Waals surface area contributed by atoms with Crippen molar-refractivity contribution in [2.45, 2.75) is 38.2 Å². The van der Waals surface area contributed by atoms with Crippen molar-refractivity contribution in [1.82, 2.24) is 20.2 Å². The number of carbonyl (C=O) groups is 1. The number of sulfone groups is 1. The van der Waals surface area contributed by atoms with E-state index in [1.807, 2.05) is 0 Å². The van der Waals surface area contributed by atoms with E-state index in [4.69, 9.17) is 0 Å². The minimum absolute atomic E-state index is 0.00309. The lowest BCUT2D eigenvalue weighted by Gasteiger charge is -2.13. The number of aromatic nitrogens is 3. The molecule has 0 unspecified atom stereocenters. The fraction of sp³-hybridized carbons (Fsp3) is 0.412. The number of hydrazone groups is 1. The number of carbonyl (C=O) groups excluding carboxylic acids is 1. The third-order valence-electron chi connectivity index (χ3n) is 4.42. The van der Waals surface area contributed by atoms with Crippen LogP contribution in [0.4, 0.5) is 26.3 Å². The third-order valence-corrected chi connectivity index (χ3v) is 6.26. The molecule has 1 fully saturated rings. The molecule has 32 heavy (non-hydrogen) atoms. The van der Waals surface area contributed by atoms with Crippen molar-refractivity contribution >= 4 is 20.8 Å². The van der Waals surface area contributed by atoms with E-state index in [1.54, 1.807) is 0 Å². The number of hydrogen-bond acceptors (Lipinski definition) is 6. The average Bonchev–Trinajstić information content (AvgIpc) is 3.29. The molecule has 1 amide bonds. The summed E-state index contributed by atoms with van der Waals surface area (Å²) in [7, 11) is -3.46. The highest BCUT2D eigenvalue weighted by atomic mass is 32.2. The second-order valence-electron chi connectivity index (χ2n) is 6.84. The Morgan fingerprint density at radius 3 is 2.25 bits per heavy atom. The van der Waals surface area contributed by atoms with Crippen molar-refractivity contribution < 1.29 is 39.6 Å². The lowest BCUT2D eigenvalue weighted by Crippen LogP contribution is -2.22. The molecule has 3 rings (SSSR count). The Bertz CT molecular complexity index is 1120. The van der Waals surface area contributed by atoms with Crippen molar-refractivity contribution in [3.05, 3.63) is 35.7 Å². The van der Waals surface area contributed by atoms with E-state index < -0.39 is 44.8 Å². The van der Waals surface area contributed by atoms with Gasteiger partial charge in [0.1, 0.15) is 6.33 Å². The summed E-state index contributed by atoms with van der Waals surface area (Å²) in [4.78, 5) is 15.6. The van der Waals surface area contributed by atoms with Crippen LogP contribution in [-0.2, 0) is 33.5 Å². The Kier molecular flexibility index (Phi) is 6.31. The number of nitrogens with one attached hydrogen (secondary N) is 1. The van der Waals surface area contributed by atoms with Crippen LogP contribution in [0, 0.1) is 0 Å². The van der Waals surface area contributed by atoms with E-state index in [0.29, 0.717) is 18.6 Å². The van der Waals surface area contributed by atoms with Gasteiger partial charge in [0.05, 0.1) is 23.4 Å². The summed E-state index contributed by atoms with van der Waals surface area (Å²) in [5.74, 6) is -1.09. The topological polar surface area (TPSA) is 106 Å². The number of amides is 1. The van der Waals surface area contributed by atoms with Gasteiger partial charge in [-0.1, -0.05) is 0 Å². The van der Waals surface area contributed by atoms with E-state index in [9.17, 15) is 39.6 Å². The first kappa shape index (κ1) is 23.7. The highest BCUT2D eigenvalue weighted by Crippen LogP contribution is 2.38. The number of halogens is 6. The zero-order valence-electron chi connectivity index (χ0n) is 16.0. The van der Waals surface area contributed by atoms with Crippen LogP contribution in [0.25, 0.3) is 11.4 Å². The van der Waals surface area contributed by atoms with Gasteiger partial charge in [-0.3, -0.25) is 9.48 Å². The van der Waals surface area contributed by atoms with Crippen LogP contribution < -0.4 is 5.43 Å². The van der Waals surface area contributed by atoms with Crippen molar-refractivity contribution in [2.75, 3.05) is 5.75 Å². The first-order chi connectivity index (χ1) is 14.8. The Morgan fingerprint density at radius 2 is 1.72 bits per heavy atom. The predicted molar refractivity (Wildman–Crippen MR) is 98.7 cm³/mol. The summed E-state index contributed by atoms with van der Waals surface area (Å²) in [5.41, 5.74) is -1.40. The van der Waals surface area contributed by atoms with Crippen molar-refractivity contribution in [3.8, 4) is 11.4 Å². The van der Waals surface area contributed by atoms with E-state index in [0.717, 1.165) is 11.0 Å². The minimum atomic E-state index is -5.01. The Hall–Kier alpha value is -2.97. The van der Waals surface area contributed by atoms with Gasteiger partial charge >= 0.3 is 12.4 Å². The molecule has 8 nitrogen and oxygen atoms in total. The molecule has 0 radical (unpaired) electrons. The maximum atomic E-state index is 13.0. The molecule has 1 saturated heterocycles. The first-order valence-corrected chi connectivity index (χ1v) is 10.7. The molecule has 2 aromatic rings. The smallest absolute Gasteiger partial charge is 0.273 e. The van der Waals surface area contributed by atoms with Crippen LogP contribution in [0.5, 0.6) is 0 Å². The molecule has 0 saturated carbocycles. The molecule has 2 heterocycles. The van der Waals surface area contributed by atoms with E-state index in [1.165, 1.54) is 0 Å². The summed E-state index contributed by atoms with van der Waals surface area (Å²) < 4.78 is 102. The maximum absolute atomic E-state index is 13.0. The number of rotatable bonds is 5. The van der Waals surface area contributed by atoms with Crippen LogP contribution in [0.1, 0.15) is 30.4 Å². The van der Waals surface area contributed by atoms with E-state index in [-0.39, 0.29) is 42.1 Å². The second-order valence-corrected chi connectivity index (χ2v) is 8.95. The zero-order valence-corrected chi connectivity index (χ0v) is 16.9. The molecule has 1 N–H and O–H groups in total. The van der Waals surface area contributed by atoms with Gasteiger partial charge < -0.3 is 0 Å². The summed E-state index contributed by atoms with van der Waals surface area (Å²) in [6.45, 7) is -0.123. The fourth-order valence-corrected chi connectivity index (χ4v) is 4.23. The number of benzene rings is 1. The van der Waals surface area contributed by atoms with Gasteiger partial charge in [-0.05, 0) is 24.6 Å². The maximum Gasteiger partial charge on any atom is 0.416 e. The van der Waals surface area contributed by atoms with Crippen LogP contribution in [0.15, 0.2) is 29.6 Å². The molecule has 1 aromatic carbocycles. The van der Waals surface area contributed by atoms with E-state index >= 15 is 0 Å². The van der Waals surface area contributed by atoms with Gasteiger partial charge in [-0.2, -0.15) is 36.5 Å². The highest BCUT2D eigenvalue weighted by Gasteiger charge is 2.37. The van der Waals surface area contributed by atoms with Crippen molar-refractivity contribution in [1.29, 1.82) is 0 Å². The standard InChI is InChI=1S/C17H15F6N5O3S/c18-16(19,20)11-6-10(7-12(8-11)17(21,22)23)15-24-9-28(27-15)4-3-13(29)25-26-14-2-1-5-32(14,30)31/h6-9H,1-5H2,(H,25,29). The quantitative estimate of drug-likeness (QED) is 0.520. The summed E-state index contributed by atoms with van der Waals surface area (Å²) in [6.07, 6.45) is -8.59. The first-order valence-electron chi connectivity index (χ1n) is 9.03. The third kappa shape index (κ3) is 5.63. The van der Waals surface area contributed by atoms with Gasteiger partial charge in [0.15, 0.2) is 20.7 Å². The van der Waals surface area contributed by atoms with Crippen LogP contribution in [0.2, 0.25) is 0 Å². The average molecular weight is 483 g/mol. The fourth-order valence-electron chi connectivity index (χ4n) is 2.83. The van der Waals surface area contributed by atoms with Crippen molar-refractivity contribution in [3.63, 3.8) is 0 Å². The normalized spacial score (nSPS) is 17.6. The molecular weight excluding hydrogens is 468 g/mol. The summed E-state index contributed by atoms with van der Waals surface area (Å²) in [5, 5.41) is 7.27. The van der Waals surface area contributed by atoms with Crippen LogP contribution in [-0.4, -0.2) is 39.9 Å². The van der Waals surface area contributed by atoms with Gasteiger partial charge in [0.2, 0.25) is 5.91 Å². The second kappa shape index (κ2) is 8.52. The molecule has 0 aliphatic carbocycles. The number of hydrogen-bond donors (Lipinski definition) is 1. The lowest BCUT2D eigenvalue weighted by molar-refractivity contribution is -0.143. The molecule has 0 spiro atoms. The predicted octanol–water partition coefficient (Wildman–Crippen LogP) is 3.01. The Labute approximate surface area is 177 Å². The van der Waals surface area contributed by atoms with Crippen LogP contribution in [0.3, 0.4) is 0 Å². The number of aryl methyl sites for hydroxylation is 1. The van der Waals surface area contributed by atoms with Gasteiger partial charge in [0.25, 0.3) is 0 Å². The van der Waals surface area contributed by atoms with Crippen molar-refractivity contribution in [2.24, 2.45) is 5.10 Å². The van der Waals surface area contributed by atoms with Gasteiger partial charge in [0, 0.05) is 18.4 Å². The van der Waals surface area contributed by atoms with E-state index in [2.05, 4.69) is 20.6 Å². The Morgan fingerprint density at radius 1 is 1.09 bits per heavy atom. The Balaban J connectivity index is 1.72. The molecule has 1 aromatic heterocycles. The summed E-state index contributed by atoms with van der Waals surface area (Å²) in [6, 6.07) is 0.996. The monoisotopic (exact) mass is 483 g/mol. The molecule has 1 aliphatic rings. The van der Waals surface area contributed by atoms with Gasteiger partial charge in [-0.25, -0.2) is 18.8 Å². The number of alkyl halides is 6. The largest absolute Gasteiger partial charge is 0.416 e. The highest BCUT2D eigenvalue weighted by molar-refractivity contribution is 8.06. The molecule has 0 bridgehead atoms. The SMILES string of the molecule is O=C(CCn1cnc(-c2cc(C(F)(F)F)cc(C(F)(F)F)c2)n1)NN=C1CCCS1(=O)=O. The zero-order chi connectivity index (χ0) is 23.7. The molecule has 174 valence electrons. The molecular formula is C17H15F6N5O3S. The molecule has 15 heteroatoms. The molecule has 1 aliphatic heterocycles. The summed E-state index contributed by atoms with van der Waals surface area (Å²) >= 11 is 0. The minimum Gasteiger partial charge on any atom is -0.273 e. The van der Waals surface area contributed by atoms with Crippen LogP contribution >= 0.6 is 0 Å².